The molecule has 0 bridgehead atoms. The van der Waals surface area contributed by atoms with Gasteiger partial charge in [-0.1, -0.05) is 6.08 Å². The summed E-state index contributed by atoms with van der Waals surface area (Å²) in [6, 6.07) is 4.08. The van der Waals surface area contributed by atoms with Crippen molar-refractivity contribution in [2.75, 3.05) is 0 Å². The van der Waals surface area contributed by atoms with E-state index in [1.807, 2.05) is 30.7 Å². The van der Waals surface area contributed by atoms with Crippen molar-refractivity contribution < 1.29 is 4.42 Å². The van der Waals surface area contributed by atoms with Crippen LogP contribution in [0.4, 0.5) is 0 Å². The maximum atomic E-state index is 5.30. The highest BCUT2D eigenvalue weighted by molar-refractivity contribution is 5.78. The molecule has 0 saturated carbocycles. The molecular weight excluding hydrogens is 150 g/mol. The van der Waals surface area contributed by atoms with Crippen LogP contribution in [0.25, 0.3) is 17.2 Å². The molecule has 0 aromatic carbocycles. The molecule has 2 aromatic heterocycles. The Morgan fingerprint density at radius 1 is 1.50 bits per heavy atom. The van der Waals surface area contributed by atoms with Crippen molar-refractivity contribution in [1.29, 1.82) is 0 Å². The van der Waals surface area contributed by atoms with E-state index in [4.69, 9.17) is 4.42 Å². The van der Waals surface area contributed by atoms with Gasteiger partial charge in [-0.05, 0) is 25.1 Å². The van der Waals surface area contributed by atoms with E-state index in [0.717, 1.165) is 11.1 Å². The van der Waals surface area contributed by atoms with Crippen LogP contribution in [-0.2, 0) is 7.05 Å². The summed E-state index contributed by atoms with van der Waals surface area (Å²) < 4.78 is 7.34. The lowest BCUT2D eigenvalue weighted by molar-refractivity contribution is 0.583. The molecule has 0 saturated heterocycles. The quantitative estimate of drug-likeness (QED) is 0.629. The molecule has 0 amide bonds. The third-order valence-corrected chi connectivity index (χ3v) is 2.01. The molecule has 0 aliphatic rings. The minimum absolute atomic E-state index is 0.933. The molecule has 0 N–H and O–H groups in total. The van der Waals surface area contributed by atoms with Crippen LogP contribution in [0.15, 0.2) is 28.9 Å². The minimum atomic E-state index is 0.933. The van der Waals surface area contributed by atoms with Gasteiger partial charge in [-0.2, -0.15) is 0 Å². The van der Waals surface area contributed by atoms with Crippen LogP contribution < -0.4 is 0 Å². The van der Waals surface area contributed by atoms with Crippen LogP contribution in [0.5, 0.6) is 0 Å². The van der Waals surface area contributed by atoms with Gasteiger partial charge in [-0.25, -0.2) is 0 Å². The first-order valence-electron chi connectivity index (χ1n) is 3.98. The molecule has 62 valence electrons. The lowest BCUT2D eigenvalue weighted by atomic mass is 10.3. The Hall–Kier alpha value is -1.44. The van der Waals surface area contributed by atoms with E-state index in [-0.39, 0.29) is 0 Å². The van der Waals surface area contributed by atoms with Crippen molar-refractivity contribution in [2.24, 2.45) is 7.05 Å². The van der Waals surface area contributed by atoms with Gasteiger partial charge in [0.15, 0.2) is 0 Å². The largest absolute Gasteiger partial charge is 0.448 e. The molecule has 2 heteroatoms. The molecule has 0 spiro atoms. The van der Waals surface area contributed by atoms with Gasteiger partial charge in [0, 0.05) is 18.1 Å². The average molecular weight is 161 g/mol. The van der Waals surface area contributed by atoms with Gasteiger partial charge in [0.1, 0.15) is 0 Å². The summed E-state index contributed by atoms with van der Waals surface area (Å²) in [4.78, 5) is 0. The predicted molar refractivity (Wildman–Crippen MR) is 49.9 cm³/mol. The number of rotatable bonds is 1. The van der Waals surface area contributed by atoms with E-state index in [1.54, 1.807) is 6.26 Å². The molecule has 0 radical (unpaired) electrons. The number of aryl methyl sites for hydroxylation is 1. The maximum Gasteiger partial charge on any atom is 0.206 e. The second-order valence-electron chi connectivity index (χ2n) is 2.81. The zero-order chi connectivity index (χ0) is 8.55. The van der Waals surface area contributed by atoms with Crippen LogP contribution in [0.3, 0.4) is 0 Å². The number of furan rings is 1. The van der Waals surface area contributed by atoms with Crippen LogP contribution >= 0.6 is 0 Å². The number of nitrogens with zero attached hydrogens (tertiary/aromatic N) is 1. The maximum absolute atomic E-state index is 5.30. The third kappa shape index (κ3) is 0.881. The van der Waals surface area contributed by atoms with Crippen molar-refractivity contribution in [3.05, 3.63) is 30.2 Å². The highest BCUT2D eigenvalue weighted by Gasteiger charge is 2.04. The molecule has 2 nitrogen and oxygen atoms in total. The molecule has 12 heavy (non-hydrogen) atoms. The summed E-state index contributed by atoms with van der Waals surface area (Å²) in [7, 11) is 2.00. The van der Waals surface area contributed by atoms with Gasteiger partial charge in [-0.3, -0.25) is 0 Å². The van der Waals surface area contributed by atoms with Gasteiger partial charge in [0.05, 0.1) is 6.26 Å². The standard InChI is InChI=1S/C10H11NO/c1-3-4-9-7-8-5-6-12-10(8)11(9)2/h3-7H,1-2H3. The molecule has 0 aliphatic carbocycles. The minimum Gasteiger partial charge on any atom is -0.448 e. The Bertz CT molecular complexity index is 420. The second-order valence-corrected chi connectivity index (χ2v) is 2.81. The molecule has 0 atom stereocenters. The Labute approximate surface area is 71.1 Å². The van der Waals surface area contributed by atoms with Gasteiger partial charge >= 0.3 is 0 Å². The Morgan fingerprint density at radius 3 is 3.00 bits per heavy atom. The van der Waals surface area contributed by atoms with Crippen LogP contribution in [0.2, 0.25) is 0 Å². The monoisotopic (exact) mass is 161 g/mol. The van der Waals surface area contributed by atoms with E-state index < -0.39 is 0 Å². The normalized spacial score (nSPS) is 11.8. The van der Waals surface area contributed by atoms with E-state index in [1.165, 1.54) is 5.69 Å². The summed E-state index contributed by atoms with van der Waals surface area (Å²) >= 11 is 0. The highest BCUT2D eigenvalue weighted by Crippen LogP contribution is 2.20. The van der Waals surface area contributed by atoms with Gasteiger partial charge in [0.25, 0.3) is 0 Å². The Balaban J connectivity index is 2.70. The zero-order valence-corrected chi connectivity index (χ0v) is 7.24. The topological polar surface area (TPSA) is 18.1 Å². The van der Waals surface area contributed by atoms with E-state index in [0.29, 0.717) is 0 Å². The molecule has 0 unspecified atom stereocenters. The summed E-state index contributed by atoms with van der Waals surface area (Å²) in [5.74, 6) is 0. The number of fused-ring (bicyclic) bond motifs is 1. The van der Waals surface area contributed by atoms with Gasteiger partial charge in [0.2, 0.25) is 5.71 Å². The summed E-state index contributed by atoms with van der Waals surface area (Å²) in [6.45, 7) is 2.01. The molecule has 2 aromatic rings. The predicted octanol–water partition coefficient (Wildman–Crippen LogP) is 2.80. The van der Waals surface area contributed by atoms with E-state index in [2.05, 4.69) is 12.1 Å². The second kappa shape index (κ2) is 2.55. The fraction of sp³-hybridized carbons (Fsp3) is 0.200. The molecule has 0 fully saturated rings. The molecular formula is C10H11NO. The first-order valence-corrected chi connectivity index (χ1v) is 3.98. The van der Waals surface area contributed by atoms with Crippen LogP contribution in [0.1, 0.15) is 12.6 Å². The smallest absolute Gasteiger partial charge is 0.206 e. The molecule has 2 heterocycles. The Morgan fingerprint density at radius 2 is 2.33 bits per heavy atom. The van der Waals surface area contributed by atoms with Crippen molar-refractivity contribution >= 4 is 17.2 Å². The lowest BCUT2D eigenvalue weighted by Gasteiger charge is -1.94. The van der Waals surface area contributed by atoms with Crippen molar-refractivity contribution in [2.45, 2.75) is 6.92 Å². The van der Waals surface area contributed by atoms with Gasteiger partial charge in [-0.15, -0.1) is 0 Å². The van der Waals surface area contributed by atoms with Crippen LogP contribution in [-0.4, -0.2) is 4.57 Å². The fourth-order valence-electron chi connectivity index (χ4n) is 1.40. The number of hydrogen-bond acceptors (Lipinski definition) is 1. The third-order valence-electron chi connectivity index (χ3n) is 2.01. The first-order chi connectivity index (χ1) is 5.83. The average Bonchev–Trinajstić information content (AvgIpc) is 2.58. The number of hydrogen-bond donors (Lipinski definition) is 0. The van der Waals surface area contributed by atoms with E-state index >= 15 is 0 Å². The molecule has 0 aliphatic heterocycles. The summed E-state index contributed by atoms with van der Waals surface area (Å²) in [5, 5.41) is 1.16. The summed E-state index contributed by atoms with van der Waals surface area (Å²) in [6.07, 6.45) is 5.80. The van der Waals surface area contributed by atoms with Crippen molar-refractivity contribution in [3.8, 4) is 0 Å². The van der Waals surface area contributed by atoms with Gasteiger partial charge < -0.3 is 8.98 Å². The number of allylic oxidation sites excluding steroid dienone is 1. The zero-order valence-electron chi connectivity index (χ0n) is 7.24. The molecule has 2 rings (SSSR count). The summed E-state index contributed by atoms with van der Waals surface area (Å²) in [5.41, 5.74) is 2.11. The number of aromatic nitrogens is 1. The van der Waals surface area contributed by atoms with Crippen molar-refractivity contribution in [3.63, 3.8) is 0 Å². The first kappa shape index (κ1) is 7.22. The highest BCUT2D eigenvalue weighted by atomic mass is 16.3. The van der Waals surface area contributed by atoms with E-state index in [9.17, 15) is 0 Å². The lowest BCUT2D eigenvalue weighted by Crippen LogP contribution is -1.88. The fourth-order valence-corrected chi connectivity index (χ4v) is 1.40. The van der Waals surface area contributed by atoms with Crippen LogP contribution in [0, 0.1) is 0 Å². The SMILES string of the molecule is CC=Cc1cc2ccoc2n1C. The Kier molecular flexibility index (Phi) is 1.54. The van der Waals surface area contributed by atoms with Crippen molar-refractivity contribution in [1.82, 2.24) is 4.57 Å².